The number of halogens is 1. The fraction of sp³-hybridized carbons (Fsp3) is 0.304. The van der Waals surface area contributed by atoms with E-state index in [0.29, 0.717) is 17.0 Å². The lowest BCUT2D eigenvalue weighted by molar-refractivity contribution is -0.231. The summed E-state index contributed by atoms with van der Waals surface area (Å²) in [7, 11) is 0. The molecule has 5 atom stereocenters. The van der Waals surface area contributed by atoms with E-state index in [9.17, 15) is 20.4 Å². The minimum atomic E-state index is -1.41. The van der Waals surface area contributed by atoms with Gasteiger partial charge in [-0.1, -0.05) is 48.0 Å². The van der Waals surface area contributed by atoms with Gasteiger partial charge >= 0.3 is 0 Å². The molecular weight excluding hydrogens is 424 g/mol. The number of ether oxygens (including phenoxy) is 1. The number of thiophene rings is 1. The van der Waals surface area contributed by atoms with Gasteiger partial charge in [-0.05, 0) is 57.1 Å². The van der Waals surface area contributed by atoms with Gasteiger partial charge in [0.2, 0.25) is 0 Å². The monoisotopic (exact) mass is 446 g/mol. The Balaban J connectivity index is 1.56. The maximum atomic E-state index is 10.4. The molecule has 1 aliphatic rings. The summed E-state index contributed by atoms with van der Waals surface area (Å²) in [5, 5.41) is 44.6. The van der Waals surface area contributed by atoms with Gasteiger partial charge in [0.25, 0.3) is 0 Å². The molecule has 0 aliphatic carbocycles. The first kappa shape index (κ1) is 21.5. The molecule has 2 heterocycles. The van der Waals surface area contributed by atoms with E-state index >= 15 is 0 Å². The third-order valence-electron chi connectivity index (χ3n) is 5.49. The third kappa shape index (κ3) is 4.31. The van der Waals surface area contributed by atoms with Crippen LogP contribution in [0.2, 0.25) is 5.02 Å². The first-order chi connectivity index (χ1) is 14.5. The van der Waals surface area contributed by atoms with E-state index in [-0.39, 0.29) is 0 Å². The summed E-state index contributed by atoms with van der Waals surface area (Å²) in [6.45, 7) is -0.460. The van der Waals surface area contributed by atoms with Crippen molar-refractivity contribution >= 4 is 22.9 Å². The van der Waals surface area contributed by atoms with Gasteiger partial charge in [-0.2, -0.15) is 11.3 Å². The first-order valence-electron chi connectivity index (χ1n) is 9.68. The van der Waals surface area contributed by atoms with Crippen molar-refractivity contribution < 1.29 is 25.2 Å². The van der Waals surface area contributed by atoms with E-state index < -0.39 is 37.1 Å². The first-order valence-corrected chi connectivity index (χ1v) is 11.0. The van der Waals surface area contributed by atoms with E-state index in [4.69, 9.17) is 16.3 Å². The van der Waals surface area contributed by atoms with Crippen molar-refractivity contribution in [2.24, 2.45) is 0 Å². The summed E-state index contributed by atoms with van der Waals surface area (Å²) in [5.74, 6) is 0. The Labute approximate surface area is 183 Å². The van der Waals surface area contributed by atoms with Crippen molar-refractivity contribution in [3.63, 3.8) is 0 Å². The summed E-state index contributed by atoms with van der Waals surface area (Å²) in [6.07, 6.45) is -5.34. The second-order valence-electron chi connectivity index (χ2n) is 7.49. The average Bonchev–Trinajstić information content (AvgIpc) is 3.30. The van der Waals surface area contributed by atoms with Gasteiger partial charge < -0.3 is 25.2 Å². The Morgan fingerprint density at radius 2 is 1.67 bits per heavy atom. The zero-order valence-electron chi connectivity index (χ0n) is 16.1. The van der Waals surface area contributed by atoms with Crippen molar-refractivity contribution in [2.45, 2.75) is 36.9 Å². The molecule has 0 amide bonds. The van der Waals surface area contributed by atoms with Crippen LogP contribution in [0.1, 0.15) is 22.8 Å². The molecule has 5 nitrogen and oxygen atoms in total. The van der Waals surface area contributed by atoms with Crippen LogP contribution in [0, 0.1) is 0 Å². The summed E-state index contributed by atoms with van der Waals surface area (Å²) in [6, 6.07) is 15.6. The maximum absolute atomic E-state index is 10.4. The predicted octanol–water partition coefficient (Wildman–Crippen LogP) is 3.17. The van der Waals surface area contributed by atoms with E-state index in [0.717, 1.165) is 16.7 Å². The predicted molar refractivity (Wildman–Crippen MR) is 117 cm³/mol. The molecule has 30 heavy (non-hydrogen) atoms. The van der Waals surface area contributed by atoms with Gasteiger partial charge in [-0.3, -0.25) is 0 Å². The smallest absolute Gasteiger partial charge is 0.113 e. The van der Waals surface area contributed by atoms with Gasteiger partial charge in [0.15, 0.2) is 0 Å². The highest BCUT2D eigenvalue weighted by Gasteiger charge is 2.44. The van der Waals surface area contributed by atoms with Gasteiger partial charge in [-0.15, -0.1) is 0 Å². The standard InChI is InChI=1S/C23H23ClO5S/c24-18-6-5-15(23-22(28)21(27)20(26)19(11-25)29-23)10-17(18)9-13-1-3-14(4-2-13)16-7-8-30-12-16/h1-8,10,12,19-23,25-28H,9,11H2/t19-,20-,21+,22-,23+/m1/s1. The molecule has 1 aliphatic heterocycles. The Hall–Kier alpha value is -1.77. The lowest BCUT2D eigenvalue weighted by Gasteiger charge is -2.40. The number of aliphatic hydroxyl groups excluding tert-OH is 4. The number of hydrogen-bond acceptors (Lipinski definition) is 6. The van der Waals surface area contributed by atoms with Gasteiger partial charge in [0.05, 0.1) is 6.61 Å². The zero-order valence-corrected chi connectivity index (χ0v) is 17.6. The van der Waals surface area contributed by atoms with Crippen LogP contribution < -0.4 is 0 Å². The summed E-state index contributed by atoms with van der Waals surface area (Å²) >= 11 is 8.07. The molecule has 0 unspecified atom stereocenters. The van der Waals surface area contributed by atoms with E-state index in [2.05, 4.69) is 35.7 Å². The SMILES string of the molecule is OC[C@H]1O[C@@H](c2ccc(Cl)c(Cc3ccc(-c4ccsc4)cc3)c2)[C@H](O)[C@@H](O)[C@@H]1O. The molecule has 7 heteroatoms. The summed E-state index contributed by atoms with van der Waals surface area (Å²) in [5.41, 5.74) is 4.91. The van der Waals surface area contributed by atoms with Crippen molar-refractivity contribution in [3.05, 3.63) is 81.0 Å². The molecule has 0 saturated carbocycles. The Morgan fingerprint density at radius 3 is 2.33 bits per heavy atom. The van der Waals surface area contributed by atoms with E-state index in [1.807, 2.05) is 11.4 Å². The number of aliphatic hydroxyl groups is 4. The number of hydrogen-bond donors (Lipinski definition) is 4. The van der Waals surface area contributed by atoms with Crippen LogP contribution in [0.15, 0.2) is 59.3 Å². The lowest BCUT2D eigenvalue weighted by Crippen LogP contribution is -2.55. The third-order valence-corrected chi connectivity index (χ3v) is 6.55. The van der Waals surface area contributed by atoms with Gasteiger partial charge in [0, 0.05) is 5.02 Å². The fourth-order valence-electron chi connectivity index (χ4n) is 3.75. The van der Waals surface area contributed by atoms with E-state index in [1.165, 1.54) is 5.56 Å². The summed E-state index contributed by atoms with van der Waals surface area (Å²) < 4.78 is 5.67. The molecule has 1 aromatic heterocycles. The van der Waals surface area contributed by atoms with Crippen molar-refractivity contribution in [1.29, 1.82) is 0 Å². The van der Waals surface area contributed by atoms with Crippen molar-refractivity contribution in [2.75, 3.05) is 6.61 Å². The zero-order chi connectivity index (χ0) is 21.3. The molecule has 2 aromatic carbocycles. The molecule has 1 fully saturated rings. The molecule has 4 N–H and O–H groups in total. The lowest BCUT2D eigenvalue weighted by atomic mass is 9.90. The largest absolute Gasteiger partial charge is 0.394 e. The molecule has 4 rings (SSSR count). The molecular formula is C23H23ClO5S. The minimum Gasteiger partial charge on any atom is -0.394 e. The molecule has 0 radical (unpaired) electrons. The van der Waals surface area contributed by atoms with Gasteiger partial charge in [0.1, 0.15) is 30.5 Å². The molecule has 3 aromatic rings. The highest BCUT2D eigenvalue weighted by atomic mass is 35.5. The maximum Gasteiger partial charge on any atom is 0.113 e. The van der Waals surface area contributed by atoms with E-state index in [1.54, 1.807) is 23.5 Å². The Kier molecular flexibility index (Phi) is 6.55. The second-order valence-corrected chi connectivity index (χ2v) is 8.67. The highest BCUT2D eigenvalue weighted by molar-refractivity contribution is 7.08. The van der Waals surface area contributed by atoms with Gasteiger partial charge in [-0.25, -0.2) is 0 Å². The molecule has 158 valence electrons. The Morgan fingerprint density at radius 1 is 0.900 bits per heavy atom. The Bertz CT molecular complexity index is 974. The van der Waals surface area contributed by atoms with Crippen LogP contribution in [0.5, 0.6) is 0 Å². The number of benzene rings is 2. The molecule has 1 saturated heterocycles. The van der Waals surface area contributed by atoms with Crippen molar-refractivity contribution in [1.82, 2.24) is 0 Å². The number of rotatable bonds is 5. The topological polar surface area (TPSA) is 90.2 Å². The van der Waals surface area contributed by atoms with Crippen LogP contribution in [0.3, 0.4) is 0 Å². The highest BCUT2D eigenvalue weighted by Crippen LogP contribution is 2.34. The van der Waals surface area contributed by atoms with Crippen LogP contribution in [-0.4, -0.2) is 51.4 Å². The van der Waals surface area contributed by atoms with Crippen LogP contribution in [-0.2, 0) is 11.2 Å². The molecule has 0 spiro atoms. The minimum absolute atomic E-state index is 0.460. The summed E-state index contributed by atoms with van der Waals surface area (Å²) in [4.78, 5) is 0. The quantitative estimate of drug-likeness (QED) is 0.483. The van der Waals surface area contributed by atoms with Crippen LogP contribution in [0.4, 0.5) is 0 Å². The van der Waals surface area contributed by atoms with Crippen LogP contribution in [0.25, 0.3) is 11.1 Å². The van der Waals surface area contributed by atoms with Crippen molar-refractivity contribution in [3.8, 4) is 11.1 Å². The normalized spacial score (nSPS) is 26.6. The second kappa shape index (κ2) is 9.16. The van der Waals surface area contributed by atoms with Crippen LogP contribution >= 0.6 is 22.9 Å². The fourth-order valence-corrected chi connectivity index (χ4v) is 4.60. The average molecular weight is 447 g/mol. The molecule has 0 bridgehead atoms.